The Bertz CT molecular complexity index is 534. The van der Waals surface area contributed by atoms with Crippen LogP contribution in [0.2, 0.25) is 0 Å². The summed E-state index contributed by atoms with van der Waals surface area (Å²) in [6.45, 7) is 2.88. The van der Waals surface area contributed by atoms with Crippen LogP contribution < -0.4 is 10.5 Å². The molecule has 18 heavy (non-hydrogen) atoms. The molecule has 1 atom stereocenters. The first-order chi connectivity index (χ1) is 8.36. The predicted octanol–water partition coefficient (Wildman–Crippen LogP) is 0.958. The lowest BCUT2D eigenvalue weighted by atomic mass is 10.0. The Kier molecular flexibility index (Phi) is 3.84. The van der Waals surface area contributed by atoms with Crippen molar-refractivity contribution in [1.29, 1.82) is 0 Å². The maximum Gasteiger partial charge on any atom is 0.245 e. The van der Waals surface area contributed by atoms with Gasteiger partial charge in [-0.2, -0.15) is 0 Å². The van der Waals surface area contributed by atoms with E-state index in [2.05, 4.69) is 20.7 Å². The molecule has 1 saturated heterocycles. The van der Waals surface area contributed by atoms with Crippen molar-refractivity contribution in [3.63, 3.8) is 0 Å². The third kappa shape index (κ3) is 2.77. The topological polar surface area (TPSA) is 94.6 Å². The lowest BCUT2D eigenvalue weighted by Crippen LogP contribution is -2.46. The zero-order valence-corrected chi connectivity index (χ0v) is 12.3. The van der Waals surface area contributed by atoms with Crippen LogP contribution in [-0.2, 0) is 21.3 Å². The Labute approximate surface area is 114 Å². The van der Waals surface area contributed by atoms with E-state index >= 15 is 0 Å². The van der Waals surface area contributed by atoms with Crippen molar-refractivity contribution in [2.24, 2.45) is 5.73 Å². The van der Waals surface area contributed by atoms with E-state index in [-0.39, 0.29) is 16.1 Å². The number of furan rings is 1. The van der Waals surface area contributed by atoms with E-state index in [1.54, 1.807) is 0 Å². The molecule has 6 nitrogen and oxygen atoms in total. The highest BCUT2D eigenvalue weighted by atomic mass is 79.9. The van der Waals surface area contributed by atoms with Crippen LogP contribution in [0.3, 0.4) is 0 Å². The number of ether oxygens (including phenoxy) is 1. The van der Waals surface area contributed by atoms with Gasteiger partial charge in [-0.3, -0.25) is 0 Å². The monoisotopic (exact) mass is 338 g/mol. The van der Waals surface area contributed by atoms with E-state index < -0.39 is 15.6 Å². The molecule has 2 heterocycles. The molecular formula is C10H15BrN2O4S. The molecule has 0 aliphatic carbocycles. The van der Waals surface area contributed by atoms with Gasteiger partial charge < -0.3 is 14.9 Å². The highest BCUT2D eigenvalue weighted by Gasteiger charge is 2.36. The van der Waals surface area contributed by atoms with Gasteiger partial charge in [-0.25, -0.2) is 13.1 Å². The van der Waals surface area contributed by atoms with Crippen molar-refractivity contribution >= 4 is 26.0 Å². The van der Waals surface area contributed by atoms with Crippen LogP contribution >= 0.6 is 15.9 Å². The third-order valence-electron chi connectivity index (χ3n) is 2.80. The van der Waals surface area contributed by atoms with Gasteiger partial charge in [-0.15, -0.1) is 0 Å². The number of sulfonamides is 1. The van der Waals surface area contributed by atoms with Crippen LogP contribution in [0.5, 0.6) is 0 Å². The highest BCUT2D eigenvalue weighted by Crippen LogP contribution is 2.28. The summed E-state index contributed by atoms with van der Waals surface area (Å²) in [5.41, 5.74) is 4.84. The van der Waals surface area contributed by atoms with Crippen molar-refractivity contribution in [2.45, 2.75) is 30.3 Å². The van der Waals surface area contributed by atoms with Crippen molar-refractivity contribution in [2.75, 3.05) is 13.2 Å². The van der Waals surface area contributed by atoms with Crippen LogP contribution in [0, 0.1) is 0 Å². The van der Waals surface area contributed by atoms with Crippen molar-refractivity contribution in [1.82, 2.24) is 4.72 Å². The summed E-state index contributed by atoms with van der Waals surface area (Å²) in [6.07, 6.45) is 0.644. The fourth-order valence-corrected chi connectivity index (χ4v) is 4.23. The number of hydrogen-bond donors (Lipinski definition) is 2. The van der Waals surface area contributed by atoms with Crippen LogP contribution in [-0.4, -0.2) is 27.2 Å². The van der Waals surface area contributed by atoms with Crippen LogP contribution in [0.1, 0.15) is 19.1 Å². The quantitative estimate of drug-likeness (QED) is 0.852. The summed E-state index contributed by atoms with van der Waals surface area (Å²) in [5, 5.41) is 0. The number of hydrogen-bond acceptors (Lipinski definition) is 5. The van der Waals surface area contributed by atoms with Gasteiger partial charge in [-0.05, 0) is 29.3 Å². The van der Waals surface area contributed by atoms with E-state index in [4.69, 9.17) is 14.9 Å². The second-order valence-corrected chi connectivity index (χ2v) is 6.89. The highest BCUT2D eigenvalue weighted by molar-refractivity contribution is 9.10. The minimum atomic E-state index is -3.65. The summed E-state index contributed by atoms with van der Waals surface area (Å²) in [6, 6.07) is 1.42. The fourth-order valence-electron chi connectivity index (χ4n) is 1.81. The molecule has 1 aliphatic rings. The molecular weight excluding hydrogens is 324 g/mol. The van der Waals surface area contributed by atoms with Gasteiger partial charge >= 0.3 is 0 Å². The van der Waals surface area contributed by atoms with Crippen molar-refractivity contribution in [3.8, 4) is 0 Å². The molecule has 0 saturated carbocycles. The van der Waals surface area contributed by atoms with Crippen LogP contribution in [0.4, 0.5) is 0 Å². The first-order valence-corrected chi connectivity index (χ1v) is 7.74. The standard InChI is InChI=1S/C10H15BrN2O4S/c1-10(2-3-16-6-10)13-18(14,15)8-4-7(5-12)17-9(8)11/h4,13H,2-3,5-6,12H2,1H3. The number of nitrogens with one attached hydrogen (secondary N) is 1. The number of halogens is 1. The average Bonchev–Trinajstić information content (AvgIpc) is 2.84. The van der Waals surface area contributed by atoms with Gasteiger partial charge in [0.25, 0.3) is 0 Å². The van der Waals surface area contributed by atoms with Crippen molar-refractivity contribution < 1.29 is 17.6 Å². The van der Waals surface area contributed by atoms with Crippen LogP contribution in [0.15, 0.2) is 20.0 Å². The molecule has 1 unspecified atom stereocenters. The normalized spacial score (nSPS) is 24.6. The van der Waals surface area contributed by atoms with Gasteiger partial charge in [0.1, 0.15) is 10.7 Å². The minimum absolute atomic E-state index is 0.0658. The summed E-state index contributed by atoms with van der Waals surface area (Å²) in [4.78, 5) is 0.0658. The number of nitrogens with two attached hydrogens (primary N) is 1. The first kappa shape index (κ1) is 14.0. The Morgan fingerprint density at radius 3 is 2.83 bits per heavy atom. The molecule has 0 radical (unpaired) electrons. The Morgan fingerprint density at radius 1 is 1.61 bits per heavy atom. The molecule has 1 fully saturated rings. The molecule has 0 spiro atoms. The average molecular weight is 339 g/mol. The van der Waals surface area contributed by atoms with Gasteiger partial charge in [-0.1, -0.05) is 0 Å². The molecule has 8 heteroatoms. The SMILES string of the molecule is CC1(NS(=O)(=O)c2cc(CN)oc2Br)CCOC1. The molecule has 0 bridgehead atoms. The number of rotatable bonds is 4. The molecule has 1 aromatic rings. The summed E-state index contributed by atoms with van der Waals surface area (Å²) < 4.78 is 37.7. The fraction of sp³-hybridized carbons (Fsp3) is 0.600. The Balaban J connectivity index is 2.27. The summed E-state index contributed by atoms with van der Waals surface area (Å²) in [7, 11) is -3.65. The zero-order valence-electron chi connectivity index (χ0n) is 9.90. The van der Waals surface area contributed by atoms with Crippen LogP contribution in [0.25, 0.3) is 0 Å². The Morgan fingerprint density at radius 2 is 2.33 bits per heavy atom. The van der Waals surface area contributed by atoms with E-state index in [0.29, 0.717) is 25.4 Å². The Hall–Kier alpha value is -0.410. The van der Waals surface area contributed by atoms with E-state index in [0.717, 1.165) is 0 Å². The molecule has 102 valence electrons. The summed E-state index contributed by atoms with van der Waals surface area (Å²) >= 11 is 3.09. The summed E-state index contributed by atoms with van der Waals surface area (Å²) in [5.74, 6) is 0.412. The molecule has 0 aromatic carbocycles. The third-order valence-corrected chi connectivity index (χ3v) is 5.29. The lowest BCUT2D eigenvalue weighted by molar-refractivity contribution is 0.178. The predicted molar refractivity (Wildman–Crippen MR) is 68.5 cm³/mol. The molecule has 1 aliphatic heterocycles. The second kappa shape index (κ2) is 4.93. The van der Waals surface area contributed by atoms with E-state index in [9.17, 15) is 8.42 Å². The van der Waals surface area contributed by atoms with Gasteiger partial charge in [0.15, 0.2) is 4.67 Å². The minimum Gasteiger partial charge on any atom is -0.452 e. The lowest BCUT2D eigenvalue weighted by Gasteiger charge is -2.22. The maximum absolute atomic E-state index is 12.2. The van der Waals surface area contributed by atoms with Gasteiger partial charge in [0, 0.05) is 12.7 Å². The maximum atomic E-state index is 12.2. The van der Waals surface area contributed by atoms with Gasteiger partial charge in [0.05, 0.1) is 18.7 Å². The van der Waals surface area contributed by atoms with E-state index in [1.165, 1.54) is 6.07 Å². The van der Waals surface area contributed by atoms with E-state index in [1.807, 2.05) is 6.92 Å². The largest absolute Gasteiger partial charge is 0.452 e. The van der Waals surface area contributed by atoms with Gasteiger partial charge in [0.2, 0.25) is 10.0 Å². The molecule has 1 aromatic heterocycles. The molecule has 0 amide bonds. The second-order valence-electron chi connectivity index (χ2n) is 4.52. The first-order valence-electron chi connectivity index (χ1n) is 5.46. The zero-order chi connectivity index (χ0) is 13.4. The molecule has 2 rings (SSSR count). The smallest absolute Gasteiger partial charge is 0.245 e. The van der Waals surface area contributed by atoms with Crippen molar-refractivity contribution in [3.05, 3.63) is 16.5 Å². The molecule has 3 N–H and O–H groups in total.